The summed E-state index contributed by atoms with van der Waals surface area (Å²) in [6.07, 6.45) is 16.1. The summed E-state index contributed by atoms with van der Waals surface area (Å²) >= 11 is 1.26. The van der Waals surface area contributed by atoms with Crippen LogP contribution in [0.1, 0.15) is 68.1 Å². The molecule has 9 nitrogen and oxygen atoms in total. The Balaban J connectivity index is 0.932. The largest absolute Gasteiger partial charge is 0.380 e. The molecule has 0 saturated carbocycles. The molecule has 3 amide bonds. The number of rotatable bonds is 6. The third kappa shape index (κ3) is 6.49. The summed E-state index contributed by atoms with van der Waals surface area (Å²) in [5, 5.41) is 5.53. The number of aromatic nitrogens is 1. The second-order valence-corrected chi connectivity index (χ2v) is 15.3. The predicted octanol–water partition coefficient (Wildman–Crippen LogP) is 6.73. The van der Waals surface area contributed by atoms with Gasteiger partial charge in [-0.2, -0.15) is 0 Å². The maximum absolute atomic E-state index is 14.2. The van der Waals surface area contributed by atoms with Crippen molar-refractivity contribution in [2.75, 3.05) is 43.1 Å². The van der Waals surface area contributed by atoms with Crippen molar-refractivity contribution in [2.24, 2.45) is 5.41 Å². The van der Waals surface area contributed by atoms with Gasteiger partial charge in [0, 0.05) is 53.0 Å². The van der Waals surface area contributed by atoms with Crippen LogP contribution >= 0.6 is 11.3 Å². The van der Waals surface area contributed by atoms with E-state index in [9.17, 15) is 23.2 Å². The number of halogens is 2. The molecule has 5 heterocycles. The molecular formula is C40H39F2N5O4S. The molecule has 1 aromatic carbocycles. The SMILES string of the molecule is Cc1cnc(N2CCC3(CC2)COC3)c(C(=O)NC2C=CC(C(=O)N3CCc4cc(C(=O)Nc5c(F)cccc5F)sc4C4=CCCC=C43)=CC2)c1. The highest BCUT2D eigenvalue weighted by Gasteiger charge is 2.42. The number of piperidine rings is 1. The highest BCUT2D eigenvalue weighted by Crippen LogP contribution is 2.42. The summed E-state index contributed by atoms with van der Waals surface area (Å²) in [4.78, 5) is 50.7. The number of carbonyl (C=O) groups excluding carboxylic acids is 3. The molecule has 2 N–H and O–H groups in total. The number of aryl methyl sites for hydroxylation is 1. The first-order valence-electron chi connectivity index (χ1n) is 17.8. The van der Waals surface area contributed by atoms with Gasteiger partial charge in [0.15, 0.2) is 0 Å². The van der Waals surface area contributed by atoms with Crippen LogP contribution < -0.4 is 15.5 Å². The molecule has 2 aromatic heterocycles. The Morgan fingerprint density at radius 3 is 2.48 bits per heavy atom. The van der Waals surface area contributed by atoms with E-state index in [0.717, 1.165) is 91.4 Å². The Morgan fingerprint density at radius 1 is 1.00 bits per heavy atom. The number of fused-ring (bicyclic) bond motifs is 3. The maximum atomic E-state index is 14.2. The van der Waals surface area contributed by atoms with Crippen molar-refractivity contribution in [1.82, 2.24) is 15.2 Å². The van der Waals surface area contributed by atoms with Crippen LogP contribution in [0, 0.1) is 24.0 Å². The Labute approximate surface area is 304 Å². The summed E-state index contributed by atoms with van der Waals surface area (Å²) in [6, 6.07) is 6.81. The smallest absolute Gasteiger partial charge is 0.265 e. The molecule has 52 heavy (non-hydrogen) atoms. The number of pyridine rings is 1. The van der Waals surface area contributed by atoms with Crippen molar-refractivity contribution in [3.8, 4) is 0 Å². The second kappa shape index (κ2) is 13.9. The van der Waals surface area contributed by atoms with Crippen LogP contribution in [0.3, 0.4) is 0 Å². The van der Waals surface area contributed by atoms with E-state index in [-0.39, 0.29) is 23.3 Å². The van der Waals surface area contributed by atoms with Crippen molar-refractivity contribution in [3.05, 3.63) is 116 Å². The number of carbonyl (C=O) groups is 3. The summed E-state index contributed by atoms with van der Waals surface area (Å²) in [7, 11) is 0. The minimum Gasteiger partial charge on any atom is -0.380 e. The van der Waals surface area contributed by atoms with Crippen molar-refractivity contribution in [1.29, 1.82) is 0 Å². The number of thiophene rings is 1. The summed E-state index contributed by atoms with van der Waals surface area (Å²) in [5.41, 5.74) is 4.39. The molecule has 2 saturated heterocycles. The van der Waals surface area contributed by atoms with Gasteiger partial charge in [0.05, 0.1) is 29.7 Å². The van der Waals surface area contributed by atoms with E-state index >= 15 is 0 Å². The number of benzene rings is 1. The van der Waals surface area contributed by atoms with Crippen molar-refractivity contribution in [3.63, 3.8) is 0 Å². The van der Waals surface area contributed by atoms with Crippen molar-refractivity contribution in [2.45, 2.75) is 51.5 Å². The van der Waals surface area contributed by atoms with E-state index in [1.54, 1.807) is 23.2 Å². The van der Waals surface area contributed by atoms with Gasteiger partial charge in [0.2, 0.25) is 0 Å². The first kappa shape index (κ1) is 34.2. The van der Waals surface area contributed by atoms with Crippen LogP contribution in [-0.4, -0.2) is 66.5 Å². The van der Waals surface area contributed by atoms with Crippen LogP contribution in [0.25, 0.3) is 5.57 Å². The van der Waals surface area contributed by atoms with Crippen LogP contribution in [0.15, 0.2) is 78.2 Å². The molecule has 0 bridgehead atoms. The zero-order valence-corrected chi connectivity index (χ0v) is 29.7. The van der Waals surface area contributed by atoms with Gasteiger partial charge in [0.1, 0.15) is 23.1 Å². The van der Waals surface area contributed by atoms with Gasteiger partial charge in [-0.05, 0) is 80.8 Å². The van der Waals surface area contributed by atoms with E-state index in [1.165, 1.54) is 17.4 Å². The molecule has 12 heteroatoms. The minimum absolute atomic E-state index is 0.131. The number of anilines is 2. The Morgan fingerprint density at radius 2 is 1.77 bits per heavy atom. The predicted molar refractivity (Wildman–Crippen MR) is 196 cm³/mol. The third-order valence-corrected chi connectivity index (χ3v) is 11.8. The topological polar surface area (TPSA) is 104 Å². The lowest BCUT2D eigenvalue weighted by atomic mass is 9.77. The molecule has 268 valence electrons. The third-order valence-electron chi connectivity index (χ3n) is 10.6. The fourth-order valence-corrected chi connectivity index (χ4v) is 8.73. The van der Waals surface area contributed by atoms with E-state index in [1.807, 2.05) is 25.1 Å². The first-order chi connectivity index (χ1) is 25.2. The van der Waals surface area contributed by atoms with Gasteiger partial charge < -0.3 is 25.2 Å². The van der Waals surface area contributed by atoms with E-state index in [4.69, 9.17) is 4.74 Å². The van der Waals surface area contributed by atoms with Crippen LogP contribution in [0.2, 0.25) is 0 Å². The van der Waals surface area contributed by atoms with Gasteiger partial charge in [-0.1, -0.05) is 36.4 Å². The first-order valence-corrected chi connectivity index (χ1v) is 18.6. The zero-order chi connectivity index (χ0) is 36.0. The molecule has 3 aliphatic heterocycles. The van der Waals surface area contributed by atoms with E-state index < -0.39 is 23.2 Å². The molecule has 0 radical (unpaired) electrons. The molecule has 2 aliphatic carbocycles. The van der Waals surface area contributed by atoms with Crippen LogP contribution in [0.4, 0.5) is 20.3 Å². The van der Waals surface area contributed by atoms with Gasteiger partial charge in [-0.25, -0.2) is 13.8 Å². The quantitative estimate of drug-likeness (QED) is 0.293. The number of hydrogen-bond acceptors (Lipinski definition) is 7. The average molecular weight is 724 g/mol. The minimum atomic E-state index is -0.843. The molecule has 3 aromatic rings. The number of para-hydroxylation sites is 1. The Hall–Kier alpha value is -4.94. The number of allylic oxidation sites excluding steroid dienone is 3. The molecule has 1 spiro atoms. The fourth-order valence-electron chi connectivity index (χ4n) is 7.58. The van der Waals surface area contributed by atoms with Gasteiger partial charge in [0.25, 0.3) is 17.7 Å². The average Bonchev–Trinajstić information content (AvgIpc) is 3.51. The van der Waals surface area contributed by atoms with E-state index in [0.29, 0.717) is 41.2 Å². The summed E-state index contributed by atoms with van der Waals surface area (Å²) < 4.78 is 33.9. The second-order valence-electron chi connectivity index (χ2n) is 14.2. The van der Waals surface area contributed by atoms with Gasteiger partial charge >= 0.3 is 0 Å². The van der Waals surface area contributed by atoms with Crippen molar-refractivity contribution < 1.29 is 27.9 Å². The standard InChI is InChI=1S/C40H39F2N5O4S/c1-24-19-29(36(43-21-24)46-17-14-40(15-18-46)22-51-23-40)37(48)44-27-11-9-25(10-12-27)39(50)47-16-13-26-20-33(52-35(26)28-5-2-3-8-32(28)47)38(49)45-34-30(41)6-4-7-31(34)42/h4-11,19-21,27H,2-3,12-18,22-23H2,1H3,(H,44,48)(H,45,49). The van der Waals surface area contributed by atoms with Crippen LogP contribution in [-0.2, 0) is 16.0 Å². The van der Waals surface area contributed by atoms with Gasteiger partial charge in [-0.3, -0.25) is 14.4 Å². The van der Waals surface area contributed by atoms with Gasteiger partial charge in [-0.15, -0.1) is 11.3 Å². The molecule has 8 rings (SSSR count). The molecule has 5 aliphatic rings. The molecular weight excluding hydrogens is 685 g/mol. The molecule has 1 unspecified atom stereocenters. The molecule has 2 fully saturated rings. The summed E-state index contributed by atoms with van der Waals surface area (Å²) in [5.74, 6) is -1.89. The fraction of sp³-hybridized carbons (Fsp3) is 0.350. The lowest BCUT2D eigenvalue weighted by molar-refractivity contribution is -0.124. The number of nitrogens with zero attached hydrogens (tertiary/aromatic N) is 3. The maximum Gasteiger partial charge on any atom is 0.265 e. The lowest BCUT2D eigenvalue weighted by Crippen LogP contribution is -2.51. The number of hydrogen-bond donors (Lipinski definition) is 2. The Bertz CT molecular complexity index is 2070. The van der Waals surface area contributed by atoms with Crippen molar-refractivity contribution >= 4 is 46.1 Å². The lowest BCUT2D eigenvalue weighted by Gasteiger charge is -2.47. The highest BCUT2D eigenvalue weighted by atomic mass is 32.1. The number of ether oxygens (including phenoxy) is 1. The number of nitrogens with one attached hydrogen (secondary N) is 2. The number of amides is 3. The van der Waals surface area contributed by atoms with E-state index in [2.05, 4.69) is 32.7 Å². The van der Waals surface area contributed by atoms with Crippen LogP contribution in [0.5, 0.6) is 0 Å². The Kier molecular flexibility index (Phi) is 9.12. The zero-order valence-electron chi connectivity index (χ0n) is 28.8. The monoisotopic (exact) mass is 723 g/mol. The normalized spacial score (nSPS) is 20.4. The summed E-state index contributed by atoms with van der Waals surface area (Å²) in [6.45, 7) is 5.63. The highest BCUT2D eigenvalue weighted by molar-refractivity contribution is 7.15. The molecule has 1 atom stereocenters.